The van der Waals surface area contributed by atoms with E-state index in [1.807, 2.05) is 43.3 Å². The second-order valence-corrected chi connectivity index (χ2v) is 3.51. The van der Waals surface area contributed by atoms with Crippen LogP contribution in [0.2, 0.25) is 0 Å². The Bertz CT molecular complexity index is 466. The van der Waals surface area contributed by atoms with Gasteiger partial charge in [-0.25, -0.2) is 5.54 Å². The molecule has 15 heavy (non-hydrogen) atoms. The summed E-state index contributed by atoms with van der Waals surface area (Å²) >= 11 is 0. The van der Waals surface area contributed by atoms with Crippen LogP contribution in [-0.2, 0) is 0 Å². The molecule has 2 aromatic rings. The van der Waals surface area contributed by atoms with Gasteiger partial charge in [0.05, 0.1) is 5.69 Å². The van der Waals surface area contributed by atoms with Gasteiger partial charge in [-0.3, -0.25) is 0 Å². The molecular formula is C13H12FN. The van der Waals surface area contributed by atoms with Crippen LogP contribution in [0.5, 0.6) is 0 Å². The lowest BCUT2D eigenvalue weighted by Gasteiger charge is -2.07. The van der Waals surface area contributed by atoms with Crippen molar-refractivity contribution >= 4 is 5.69 Å². The first-order valence-corrected chi connectivity index (χ1v) is 4.84. The predicted molar refractivity (Wildman–Crippen MR) is 61.3 cm³/mol. The van der Waals surface area contributed by atoms with Crippen LogP contribution in [-0.4, -0.2) is 0 Å². The summed E-state index contributed by atoms with van der Waals surface area (Å²) in [5, 5.41) is 0. The summed E-state index contributed by atoms with van der Waals surface area (Å²) in [6.45, 7) is 2.02. The topological polar surface area (TPSA) is 12.0 Å². The fraction of sp³-hybridized carbons (Fsp3) is 0.0769. The molecule has 0 aliphatic rings. The first-order chi connectivity index (χ1) is 7.31. The predicted octanol–water partition coefficient (Wildman–Crippen LogP) is 3.96. The van der Waals surface area contributed by atoms with Crippen LogP contribution >= 0.6 is 0 Å². The second-order valence-electron chi connectivity index (χ2n) is 3.51. The highest BCUT2D eigenvalue weighted by molar-refractivity contribution is 5.77. The largest absolute Gasteiger partial charge is 0.224 e. The molecule has 0 aromatic heterocycles. The van der Waals surface area contributed by atoms with Gasteiger partial charge in [-0.05, 0) is 18.6 Å². The van der Waals surface area contributed by atoms with Crippen LogP contribution in [0.4, 0.5) is 10.2 Å². The molecule has 0 saturated carbocycles. The first-order valence-electron chi connectivity index (χ1n) is 4.84. The highest BCUT2D eigenvalue weighted by atomic mass is 19.2. The lowest BCUT2D eigenvalue weighted by molar-refractivity contribution is 0.618. The van der Waals surface area contributed by atoms with Gasteiger partial charge >= 0.3 is 0 Å². The lowest BCUT2D eigenvalue weighted by atomic mass is 10.0. The summed E-state index contributed by atoms with van der Waals surface area (Å²) in [7, 11) is 0. The average molecular weight is 201 g/mol. The fourth-order valence-electron chi connectivity index (χ4n) is 1.63. The fourth-order valence-corrected chi connectivity index (χ4v) is 1.63. The van der Waals surface area contributed by atoms with Crippen molar-refractivity contribution in [3.63, 3.8) is 0 Å². The molecule has 0 heterocycles. The Morgan fingerprint density at radius 2 is 1.80 bits per heavy atom. The van der Waals surface area contributed by atoms with Crippen molar-refractivity contribution in [3.8, 4) is 11.1 Å². The molecule has 1 N–H and O–H groups in total. The van der Waals surface area contributed by atoms with E-state index in [-0.39, 0.29) is 0 Å². The number of aryl methyl sites for hydroxylation is 1. The maximum atomic E-state index is 12.5. The summed E-state index contributed by atoms with van der Waals surface area (Å²) in [6, 6.07) is 15.3. The van der Waals surface area contributed by atoms with Crippen molar-refractivity contribution in [2.24, 2.45) is 0 Å². The summed E-state index contributed by atoms with van der Waals surface area (Å²) in [6.07, 6.45) is 0. The lowest BCUT2D eigenvalue weighted by Crippen LogP contribution is -1.87. The van der Waals surface area contributed by atoms with Gasteiger partial charge < -0.3 is 0 Å². The number of nitrogens with one attached hydrogen (secondary N) is 1. The molecule has 0 spiro atoms. The van der Waals surface area contributed by atoms with Gasteiger partial charge in [0.1, 0.15) is 0 Å². The standard InChI is InChI=1S/C13H12FN/c1-10-5-4-6-11(9-10)12-7-2-3-8-13(12)15-14/h2-9,15H,1H3. The molecule has 0 aliphatic heterocycles. The molecule has 0 amide bonds. The van der Waals surface area contributed by atoms with Gasteiger partial charge in [-0.2, -0.15) is 0 Å². The summed E-state index contributed by atoms with van der Waals surface area (Å²) in [5.74, 6) is 0. The van der Waals surface area contributed by atoms with Gasteiger partial charge in [-0.15, -0.1) is 4.48 Å². The van der Waals surface area contributed by atoms with Gasteiger partial charge in [0.25, 0.3) is 0 Å². The SMILES string of the molecule is Cc1cccc(-c2ccccc2NF)c1. The zero-order valence-electron chi connectivity index (χ0n) is 8.50. The molecule has 1 nitrogen and oxygen atoms in total. The van der Waals surface area contributed by atoms with E-state index in [4.69, 9.17) is 0 Å². The summed E-state index contributed by atoms with van der Waals surface area (Å²) in [4.78, 5) is 0. The van der Waals surface area contributed by atoms with Crippen LogP contribution in [0, 0.1) is 6.92 Å². The number of rotatable bonds is 2. The van der Waals surface area contributed by atoms with E-state index in [2.05, 4.69) is 0 Å². The van der Waals surface area contributed by atoms with Gasteiger partial charge in [0.2, 0.25) is 0 Å². The Labute approximate surface area is 88.5 Å². The summed E-state index contributed by atoms with van der Waals surface area (Å²) < 4.78 is 12.5. The molecule has 0 atom stereocenters. The Balaban J connectivity index is 2.53. The zero-order chi connectivity index (χ0) is 10.7. The van der Waals surface area contributed by atoms with Crippen LogP contribution in [0.15, 0.2) is 48.5 Å². The van der Waals surface area contributed by atoms with E-state index in [0.29, 0.717) is 5.69 Å². The van der Waals surface area contributed by atoms with Gasteiger partial charge in [-0.1, -0.05) is 48.0 Å². The molecule has 76 valence electrons. The highest BCUT2D eigenvalue weighted by Gasteiger charge is 2.03. The molecule has 0 unspecified atom stereocenters. The number of hydrogen-bond donors (Lipinski definition) is 1. The average Bonchev–Trinajstić information content (AvgIpc) is 2.29. The van der Waals surface area contributed by atoms with E-state index in [0.717, 1.165) is 11.1 Å². The van der Waals surface area contributed by atoms with E-state index in [9.17, 15) is 4.48 Å². The van der Waals surface area contributed by atoms with Crippen molar-refractivity contribution in [1.29, 1.82) is 0 Å². The molecule has 2 rings (SSSR count). The van der Waals surface area contributed by atoms with Crippen molar-refractivity contribution in [3.05, 3.63) is 54.1 Å². The van der Waals surface area contributed by atoms with Crippen molar-refractivity contribution < 1.29 is 4.48 Å². The minimum atomic E-state index is 0.503. The first kappa shape index (κ1) is 9.71. The second kappa shape index (κ2) is 4.13. The zero-order valence-corrected chi connectivity index (χ0v) is 8.50. The van der Waals surface area contributed by atoms with E-state index in [1.165, 1.54) is 5.56 Å². The third kappa shape index (κ3) is 1.99. The molecule has 0 fully saturated rings. The van der Waals surface area contributed by atoms with Gasteiger partial charge in [0.15, 0.2) is 0 Å². The number of hydrogen-bond acceptors (Lipinski definition) is 1. The maximum absolute atomic E-state index is 12.5. The Morgan fingerprint density at radius 1 is 1.00 bits per heavy atom. The van der Waals surface area contributed by atoms with Crippen molar-refractivity contribution in [2.45, 2.75) is 6.92 Å². The van der Waals surface area contributed by atoms with Crippen LogP contribution < -0.4 is 5.54 Å². The molecule has 0 bridgehead atoms. The number of benzene rings is 2. The molecule has 0 aliphatic carbocycles. The van der Waals surface area contributed by atoms with Crippen LogP contribution in [0.1, 0.15) is 5.56 Å². The smallest absolute Gasteiger partial charge is 0.0734 e. The highest BCUT2D eigenvalue weighted by Crippen LogP contribution is 2.28. The number of halogens is 1. The third-order valence-corrected chi connectivity index (χ3v) is 2.36. The number of para-hydroxylation sites is 1. The van der Waals surface area contributed by atoms with Crippen LogP contribution in [0.25, 0.3) is 11.1 Å². The Morgan fingerprint density at radius 3 is 2.53 bits per heavy atom. The molecule has 2 heteroatoms. The van der Waals surface area contributed by atoms with Gasteiger partial charge in [0, 0.05) is 5.56 Å². The quantitative estimate of drug-likeness (QED) is 0.725. The maximum Gasteiger partial charge on any atom is 0.0734 e. The van der Waals surface area contributed by atoms with E-state index in [1.54, 1.807) is 17.7 Å². The van der Waals surface area contributed by atoms with E-state index >= 15 is 0 Å². The number of anilines is 1. The molecular weight excluding hydrogens is 189 g/mol. The Hall–Kier alpha value is -1.83. The van der Waals surface area contributed by atoms with Crippen LogP contribution in [0.3, 0.4) is 0 Å². The van der Waals surface area contributed by atoms with Crippen molar-refractivity contribution in [1.82, 2.24) is 0 Å². The molecule has 2 aromatic carbocycles. The Kier molecular flexibility index (Phi) is 2.68. The summed E-state index contributed by atoms with van der Waals surface area (Å²) in [5.41, 5.74) is 5.29. The third-order valence-electron chi connectivity index (χ3n) is 2.36. The van der Waals surface area contributed by atoms with E-state index < -0.39 is 0 Å². The molecule has 0 radical (unpaired) electrons. The minimum Gasteiger partial charge on any atom is -0.224 e. The minimum absolute atomic E-state index is 0.503. The molecule has 0 saturated heterocycles. The monoisotopic (exact) mass is 201 g/mol. The van der Waals surface area contributed by atoms with Crippen molar-refractivity contribution in [2.75, 3.05) is 5.54 Å². The normalized spacial score (nSPS) is 10.0.